The molecule has 3 fully saturated rings. The van der Waals surface area contributed by atoms with E-state index in [-0.39, 0.29) is 5.79 Å². The minimum atomic E-state index is -0.294. The van der Waals surface area contributed by atoms with E-state index in [1.807, 2.05) is 0 Å². The average Bonchev–Trinajstić information content (AvgIpc) is 2.66. The topological polar surface area (TPSA) is 35.5 Å². The van der Waals surface area contributed by atoms with E-state index >= 15 is 0 Å². The van der Waals surface area contributed by atoms with Gasteiger partial charge in [-0.3, -0.25) is 4.79 Å². The standard InChI is InChI=1S/C11H16O3/c12-10-2-1-9-7-8(10)3-4-11(9)13-5-6-14-11/h8-9H,1-7H2/t8-,9?/m1/s1. The van der Waals surface area contributed by atoms with Crippen LogP contribution in [0.5, 0.6) is 0 Å². The van der Waals surface area contributed by atoms with E-state index in [9.17, 15) is 4.79 Å². The Morgan fingerprint density at radius 1 is 1.21 bits per heavy atom. The Hall–Kier alpha value is -0.410. The lowest BCUT2D eigenvalue weighted by atomic mass is 9.68. The quantitative estimate of drug-likeness (QED) is 0.589. The van der Waals surface area contributed by atoms with Crippen LogP contribution in [0.3, 0.4) is 0 Å². The van der Waals surface area contributed by atoms with Crippen LogP contribution < -0.4 is 0 Å². The second kappa shape index (κ2) is 3.04. The summed E-state index contributed by atoms with van der Waals surface area (Å²) >= 11 is 0. The second-order valence-electron chi connectivity index (χ2n) is 4.68. The van der Waals surface area contributed by atoms with Crippen LogP contribution in [0.2, 0.25) is 0 Å². The summed E-state index contributed by atoms with van der Waals surface area (Å²) < 4.78 is 11.5. The first-order chi connectivity index (χ1) is 6.80. The van der Waals surface area contributed by atoms with E-state index in [4.69, 9.17) is 9.47 Å². The van der Waals surface area contributed by atoms with Crippen LogP contribution in [0, 0.1) is 11.8 Å². The van der Waals surface area contributed by atoms with Crippen molar-refractivity contribution in [1.29, 1.82) is 0 Å². The van der Waals surface area contributed by atoms with Gasteiger partial charge < -0.3 is 9.47 Å². The molecule has 78 valence electrons. The van der Waals surface area contributed by atoms with E-state index in [2.05, 4.69) is 0 Å². The summed E-state index contributed by atoms with van der Waals surface area (Å²) in [4.78, 5) is 11.5. The van der Waals surface area contributed by atoms with Crippen molar-refractivity contribution in [2.24, 2.45) is 11.8 Å². The van der Waals surface area contributed by atoms with Gasteiger partial charge in [0.1, 0.15) is 5.78 Å². The Morgan fingerprint density at radius 3 is 2.79 bits per heavy atom. The first-order valence-electron chi connectivity index (χ1n) is 5.61. The molecule has 3 aliphatic rings. The number of Topliss-reactive ketones (excluding diaryl/α,β-unsaturated/α-hetero) is 1. The van der Waals surface area contributed by atoms with Crippen molar-refractivity contribution >= 4 is 5.78 Å². The van der Waals surface area contributed by atoms with Gasteiger partial charge in [0.05, 0.1) is 13.2 Å². The highest BCUT2D eigenvalue weighted by atomic mass is 16.7. The molecule has 0 aromatic heterocycles. The molecule has 2 aliphatic carbocycles. The molecule has 1 unspecified atom stereocenters. The number of hydrogen-bond acceptors (Lipinski definition) is 3. The fourth-order valence-corrected chi connectivity index (χ4v) is 3.22. The Bertz CT molecular complexity index is 255. The summed E-state index contributed by atoms with van der Waals surface area (Å²) in [5, 5.41) is 0. The molecular weight excluding hydrogens is 180 g/mol. The molecule has 1 spiro atoms. The van der Waals surface area contributed by atoms with Gasteiger partial charge in [0, 0.05) is 24.7 Å². The van der Waals surface area contributed by atoms with Gasteiger partial charge in [-0.2, -0.15) is 0 Å². The van der Waals surface area contributed by atoms with Crippen LogP contribution in [-0.2, 0) is 14.3 Å². The van der Waals surface area contributed by atoms with Crippen molar-refractivity contribution < 1.29 is 14.3 Å². The maximum atomic E-state index is 11.5. The zero-order chi connectivity index (χ0) is 9.60. The number of rotatable bonds is 0. The highest BCUT2D eigenvalue weighted by Crippen LogP contribution is 2.47. The SMILES string of the molecule is O=C1CCC2C[C@H]1CCC21OCCO1. The average molecular weight is 196 g/mol. The van der Waals surface area contributed by atoms with Gasteiger partial charge in [-0.15, -0.1) is 0 Å². The molecule has 3 heteroatoms. The van der Waals surface area contributed by atoms with Crippen LogP contribution in [0.1, 0.15) is 32.1 Å². The maximum absolute atomic E-state index is 11.5. The predicted octanol–water partition coefficient (Wildman–Crippen LogP) is 1.51. The summed E-state index contributed by atoms with van der Waals surface area (Å²) in [6.45, 7) is 1.46. The number of carbonyl (C=O) groups excluding carboxylic acids is 1. The Morgan fingerprint density at radius 2 is 2.00 bits per heavy atom. The number of hydrogen-bond donors (Lipinski definition) is 0. The minimum Gasteiger partial charge on any atom is -0.347 e. The monoisotopic (exact) mass is 196 g/mol. The van der Waals surface area contributed by atoms with Gasteiger partial charge in [-0.1, -0.05) is 0 Å². The number of ketones is 1. The molecule has 0 amide bonds. The molecule has 1 saturated heterocycles. The summed E-state index contributed by atoms with van der Waals surface area (Å²) in [7, 11) is 0. The van der Waals surface area contributed by atoms with Crippen LogP contribution in [0.4, 0.5) is 0 Å². The van der Waals surface area contributed by atoms with Gasteiger partial charge in [-0.05, 0) is 19.3 Å². The normalized spacial score (nSPS) is 40.4. The third-order valence-electron chi connectivity index (χ3n) is 4.00. The second-order valence-corrected chi connectivity index (χ2v) is 4.68. The van der Waals surface area contributed by atoms with Gasteiger partial charge >= 0.3 is 0 Å². The third-order valence-corrected chi connectivity index (χ3v) is 4.00. The van der Waals surface area contributed by atoms with E-state index in [0.29, 0.717) is 17.6 Å². The Kier molecular flexibility index (Phi) is 1.92. The first-order valence-corrected chi connectivity index (χ1v) is 5.61. The first kappa shape index (κ1) is 8.86. The number of ether oxygens (including phenoxy) is 2. The van der Waals surface area contributed by atoms with Crippen LogP contribution in [0.25, 0.3) is 0 Å². The molecule has 2 saturated carbocycles. The summed E-state index contributed by atoms with van der Waals surface area (Å²) in [6.07, 6.45) is 4.60. The number of carbonyl (C=O) groups is 1. The lowest BCUT2D eigenvalue weighted by Gasteiger charge is -2.44. The smallest absolute Gasteiger partial charge is 0.171 e. The highest BCUT2D eigenvalue weighted by molar-refractivity contribution is 5.82. The van der Waals surface area contributed by atoms with Gasteiger partial charge in [0.15, 0.2) is 5.79 Å². The van der Waals surface area contributed by atoms with Gasteiger partial charge in [0.2, 0.25) is 0 Å². The van der Waals surface area contributed by atoms with E-state index in [1.54, 1.807) is 0 Å². The van der Waals surface area contributed by atoms with Crippen molar-refractivity contribution in [3.63, 3.8) is 0 Å². The Labute approximate surface area is 83.8 Å². The summed E-state index contributed by atoms with van der Waals surface area (Å²) in [5.41, 5.74) is 0. The molecule has 2 atom stereocenters. The fourth-order valence-electron chi connectivity index (χ4n) is 3.22. The third kappa shape index (κ3) is 1.15. The molecule has 14 heavy (non-hydrogen) atoms. The lowest BCUT2D eigenvalue weighted by Crippen LogP contribution is -2.48. The molecule has 1 aliphatic heterocycles. The van der Waals surface area contributed by atoms with Crippen molar-refractivity contribution in [2.75, 3.05) is 13.2 Å². The molecule has 0 radical (unpaired) electrons. The maximum Gasteiger partial charge on any atom is 0.171 e. The van der Waals surface area contributed by atoms with Gasteiger partial charge in [-0.25, -0.2) is 0 Å². The van der Waals surface area contributed by atoms with Crippen molar-refractivity contribution in [1.82, 2.24) is 0 Å². The molecule has 2 bridgehead atoms. The van der Waals surface area contributed by atoms with Crippen LogP contribution in [0.15, 0.2) is 0 Å². The largest absolute Gasteiger partial charge is 0.347 e. The molecule has 3 rings (SSSR count). The summed E-state index contributed by atoms with van der Waals surface area (Å²) in [6, 6.07) is 0. The lowest BCUT2D eigenvalue weighted by molar-refractivity contribution is -0.224. The predicted molar refractivity (Wildman–Crippen MR) is 49.7 cm³/mol. The highest BCUT2D eigenvalue weighted by Gasteiger charge is 2.51. The molecule has 1 heterocycles. The van der Waals surface area contributed by atoms with Crippen molar-refractivity contribution in [2.45, 2.75) is 37.9 Å². The number of fused-ring (bicyclic) bond motifs is 3. The summed E-state index contributed by atoms with van der Waals surface area (Å²) in [5.74, 6) is 0.958. The fraction of sp³-hybridized carbons (Fsp3) is 0.909. The van der Waals surface area contributed by atoms with Crippen molar-refractivity contribution in [3.8, 4) is 0 Å². The molecule has 0 aromatic carbocycles. The van der Waals surface area contributed by atoms with Gasteiger partial charge in [0.25, 0.3) is 0 Å². The Balaban J connectivity index is 1.82. The minimum absolute atomic E-state index is 0.294. The van der Waals surface area contributed by atoms with E-state index in [0.717, 1.165) is 45.3 Å². The van der Waals surface area contributed by atoms with Crippen LogP contribution >= 0.6 is 0 Å². The van der Waals surface area contributed by atoms with E-state index < -0.39 is 0 Å². The molecule has 0 aromatic rings. The molecule has 3 nitrogen and oxygen atoms in total. The zero-order valence-electron chi connectivity index (χ0n) is 8.33. The van der Waals surface area contributed by atoms with Crippen LogP contribution in [-0.4, -0.2) is 24.8 Å². The van der Waals surface area contributed by atoms with Crippen molar-refractivity contribution in [3.05, 3.63) is 0 Å². The molecule has 0 N–H and O–H groups in total. The molecular formula is C11H16O3. The van der Waals surface area contributed by atoms with E-state index in [1.165, 1.54) is 0 Å². The zero-order valence-corrected chi connectivity index (χ0v) is 8.33.